The van der Waals surface area contributed by atoms with E-state index in [2.05, 4.69) is 0 Å². The molecule has 0 spiro atoms. The number of amides is 2. The molecule has 8 heteroatoms. The number of benzene rings is 2. The maximum Gasteiger partial charge on any atom is 0.408 e. The lowest BCUT2D eigenvalue weighted by molar-refractivity contribution is -0.117. The van der Waals surface area contributed by atoms with Gasteiger partial charge in [-0.3, -0.25) is 14.5 Å². The maximum atomic E-state index is 15.2. The number of hydrogen-bond donors (Lipinski definition) is 2. The van der Waals surface area contributed by atoms with E-state index in [0.29, 0.717) is 34.1 Å². The zero-order valence-electron chi connectivity index (χ0n) is 20.8. The fraction of sp³-hybridized carbons (Fsp3) is 0.370. The zero-order chi connectivity index (χ0) is 26.1. The van der Waals surface area contributed by atoms with Crippen molar-refractivity contribution >= 4 is 22.8 Å². The van der Waals surface area contributed by atoms with Crippen LogP contribution in [0.2, 0.25) is 0 Å². The number of fused-ring (bicyclic) bond motifs is 1. The fourth-order valence-corrected chi connectivity index (χ4v) is 4.28. The predicted molar refractivity (Wildman–Crippen MR) is 135 cm³/mol. The van der Waals surface area contributed by atoms with Crippen molar-refractivity contribution in [3.63, 3.8) is 0 Å². The first kappa shape index (κ1) is 25.9. The molecule has 2 aromatic carbocycles. The summed E-state index contributed by atoms with van der Waals surface area (Å²) in [5.74, 6) is -0.961. The number of rotatable bonds is 7. The highest BCUT2D eigenvalue weighted by Gasteiger charge is 2.30. The summed E-state index contributed by atoms with van der Waals surface area (Å²) in [6, 6.07) is 11.2. The summed E-state index contributed by atoms with van der Waals surface area (Å²) in [6.45, 7) is 9.41. The molecule has 35 heavy (non-hydrogen) atoms. The van der Waals surface area contributed by atoms with Crippen LogP contribution >= 0.6 is 0 Å². The van der Waals surface area contributed by atoms with E-state index < -0.39 is 23.4 Å². The van der Waals surface area contributed by atoms with Gasteiger partial charge in [-0.1, -0.05) is 38.1 Å². The number of pyridine rings is 1. The average molecular weight is 482 g/mol. The van der Waals surface area contributed by atoms with Crippen LogP contribution in [0.15, 0.2) is 47.3 Å². The Hall–Kier alpha value is -3.68. The van der Waals surface area contributed by atoms with Crippen LogP contribution in [-0.4, -0.2) is 32.1 Å². The Balaban J connectivity index is 2.51. The molecule has 0 atom stereocenters. The first-order valence-corrected chi connectivity index (χ1v) is 11.5. The SMILES string of the molecule is CC(C)Cn1c(CN(C(=O)O)C(C)(C)C)c(-c2ccccc2F)c2cc(CC(N)=O)ccc2c1=O. The van der Waals surface area contributed by atoms with Crippen LogP contribution in [0.3, 0.4) is 0 Å². The third kappa shape index (κ3) is 5.53. The van der Waals surface area contributed by atoms with Crippen molar-refractivity contribution in [2.75, 3.05) is 0 Å². The van der Waals surface area contributed by atoms with Gasteiger partial charge in [0.05, 0.1) is 13.0 Å². The number of hydrogen-bond acceptors (Lipinski definition) is 3. The first-order valence-electron chi connectivity index (χ1n) is 11.5. The van der Waals surface area contributed by atoms with Gasteiger partial charge in [-0.2, -0.15) is 0 Å². The third-order valence-corrected chi connectivity index (χ3v) is 5.86. The summed E-state index contributed by atoms with van der Waals surface area (Å²) < 4.78 is 16.8. The second-order valence-corrected chi connectivity index (χ2v) is 10.2. The minimum Gasteiger partial charge on any atom is -0.465 e. The van der Waals surface area contributed by atoms with Gasteiger partial charge in [0.1, 0.15) is 5.82 Å². The summed E-state index contributed by atoms with van der Waals surface area (Å²) in [5, 5.41) is 10.8. The van der Waals surface area contributed by atoms with Gasteiger partial charge in [0.2, 0.25) is 5.91 Å². The number of carbonyl (C=O) groups is 2. The highest BCUT2D eigenvalue weighted by molar-refractivity contribution is 5.98. The zero-order valence-corrected chi connectivity index (χ0v) is 20.8. The Bertz CT molecular complexity index is 1340. The second-order valence-electron chi connectivity index (χ2n) is 10.2. The van der Waals surface area contributed by atoms with Crippen molar-refractivity contribution in [2.24, 2.45) is 11.7 Å². The van der Waals surface area contributed by atoms with E-state index in [-0.39, 0.29) is 30.0 Å². The van der Waals surface area contributed by atoms with E-state index in [1.54, 1.807) is 61.7 Å². The highest BCUT2D eigenvalue weighted by atomic mass is 19.1. The monoisotopic (exact) mass is 481 g/mol. The molecule has 7 nitrogen and oxygen atoms in total. The van der Waals surface area contributed by atoms with Crippen molar-refractivity contribution in [1.29, 1.82) is 0 Å². The van der Waals surface area contributed by atoms with Crippen molar-refractivity contribution in [1.82, 2.24) is 9.47 Å². The van der Waals surface area contributed by atoms with E-state index in [9.17, 15) is 19.5 Å². The fourth-order valence-electron chi connectivity index (χ4n) is 4.28. The molecule has 0 fully saturated rings. The summed E-state index contributed by atoms with van der Waals surface area (Å²) in [4.78, 5) is 38.8. The normalized spacial score (nSPS) is 11.7. The molecule has 0 saturated heterocycles. The van der Waals surface area contributed by atoms with Gasteiger partial charge in [-0.25, -0.2) is 9.18 Å². The summed E-state index contributed by atoms with van der Waals surface area (Å²) >= 11 is 0. The molecule has 0 unspecified atom stereocenters. The molecule has 3 rings (SSSR count). The molecule has 0 aliphatic rings. The standard InChI is InChI=1S/C27H32FN3O4/c1-16(2)14-30-22(15-31(26(34)35)27(3,4)5)24(19-8-6-7-9-21(19)28)20-12-17(13-23(29)32)10-11-18(20)25(30)33/h6-12,16H,13-15H2,1-5H3,(H2,29,32)(H,34,35). The van der Waals surface area contributed by atoms with Gasteiger partial charge < -0.3 is 15.4 Å². The van der Waals surface area contributed by atoms with Crippen LogP contribution in [0.4, 0.5) is 9.18 Å². The van der Waals surface area contributed by atoms with Crippen LogP contribution in [0.5, 0.6) is 0 Å². The lowest BCUT2D eigenvalue weighted by Gasteiger charge is -2.35. The Morgan fingerprint density at radius 3 is 2.31 bits per heavy atom. The molecule has 0 aliphatic heterocycles. The third-order valence-electron chi connectivity index (χ3n) is 5.86. The lowest BCUT2D eigenvalue weighted by Crippen LogP contribution is -2.45. The van der Waals surface area contributed by atoms with Crippen LogP contribution < -0.4 is 11.3 Å². The molecule has 0 bridgehead atoms. The van der Waals surface area contributed by atoms with Gasteiger partial charge in [-0.15, -0.1) is 0 Å². The van der Waals surface area contributed by atoms with Crippen molar-refractivity contribution < 1.29 is 19.1 Å². The molecule has 186 valence electrons. The minimum absolute atomic E-state index is 0.0414. The molecule has 3 N–H and O–H groups in total. The van der Waals surface area contributed by atoms with Crippen LogP contribution in [0.1, 0.15) is 45.9 Å². The number of carbonyl (C=O) groups excluding carboxylic acids is 1. The van der Waals surface area contributed by atoms with Crippen LogP contribution in [0.25, 0.3) is 21.9 Å². The van der Waals surface area contributed by atoms with Crippen LogP contribution in [-0.2, 0) is 24.3 Å². The number of halogens is 1. The molecule has 0 radical (unpaired) electrons. The average Bonchev–Trinajstić information content (AvgIpc) is 2.73. The Morgan fingerprint density at radius 2 is 1.77 bits per heavy atom. The predicted octanol–water partition coefficient (Wildman–Crippen LogP) is 4.77. The Kier molecular flexibility index (Phi) is 7.33. The highest BCUT2D eigenvalue weighted by Crippen LogP contribution is 2.35. The largest absolute Gasteiger partial charge is 0.465 e. The smallest absolute Gasteiger partial charge is 0.408 e. The summed E-state index contributed by atoms with van der Waals surface area (Å²) in [6.07, 6.45) is -1.19. The number of primary amides is 1. The minimum atomic E-state index is -1.15. The van der Waals surface area contributed by atoms with Gasteiger partial charge in [0.25, 0.3) is 5.56 Å². The van der Waals surface area contributed by atoms with Crippen molar-refractivity contribution in [3.8, 4) is 11.1 Å². The molecule has 3 aromatic rings. The molecule has 0 aliphatic carbocycles. The summed E-state index contributed by atoms with van der Waals surface area (Å²) in [7, 11) is 0. The number of nitrogens with zero attached hydrogens (tertiary/aromatic N) is 2. The van der Waals surface area contributed by atoms with E-state index in [0.717, 1.165) is 0 Å². The molecular weight excluding hydrogens is 449 g/mol. The van der Waals surface area contributed by atoms with E-state index in [1.165, 1.54) is 11.0 Å². The topological polar surface area (TPSA) is 106 Å². The van der Waals surface area contributed by atoms with Gasteiger partial charge in [0, 0.05) is 34.3 Å². The van der Waals surface area contributed by atoms with Gasteiger partial charge >= 0.3 is 6.09 Å². The molecular formula is C27H32FN3O4. The molecule has 0 saturated carbocycles. The van der Waals surface area contributed by atoms with E-state index in [4.69, 9.17) is 5.73 Å². The Morgan fingerprint density at radius 1 is 1.11 bits per heavy atom. The summed E-state index contributed by atoms with van der Waals surface area (Å²) in [5.41, 5.74) is 5.98. The Labute approximate surface area is 204 Å². The second kappa shape index (κ2) is 9.90. The number of nitrogens with two attached hydrogens (primary N) is 1. The van der Waals surface area contributed by atoms with E-state index in [1.807, 2.05) is 13.8 Å². The molecule has 1 heterocycles. The van der Waals surface area contributed by atoms with E-state index >= 15 is 4.39 Å². The lowest BCUT2D eigenvalue weighted by atomic mass is 9.93. The van der Waals surface area contributed by atoms with Crippen molar-refractivity contribution in [2.45, 2.75) is 59.7 Å². The number of aromatic nitrogens is 1. The van der Waals surface area contributed by atoms with Crippen molar-refractivity contribution in [3.05, 3.63) is 69.9 Å². The molecule has 2 amide bonds. The van der Waals surface area contributed by atoms with Crippen LogP contribution in [0, 0.1) is 11.7 Å². The first-order chi connectivity index (χ1) is 16.3. The molecule has 1 aromatic heterocycles. The van der Waals surface area contributed by atoms with Gasteiger partial charge in [-0.05, 0) is 55.8 Å². The number of carboxylic acid groups (broad SMARTS) is 1. The quantitative estimate of drug-likeness (QED) is 0.507. The maximum absolute atomic E-state index is 15.2. The van der Waals surface area contributed by atoms with Gasteiger partial charge in [0.15, 0.2) is 0 Å².